The molecule has 2 aliphatic rings. The van der Waals surface area contributed by atoms with Crippen molar-refractivity contribution in [3.63, 3.8) is 0 Å². The lowest BCUT2D eigenvalue weighted by molar-refractivity contribution is -0.191. The van der Waals surface area contributed by atoms with Gasteiger partial charge in [-0.15, -0.1) is 0 Å². The lowest BCUT2D eigenvalue weighted by Gasteiger charge is -2.20. The Labute approximate surface area is 59.8 Å². The summed E-state index contributed by atoms with van der Waals surface area (Å²) in [7, 11) is 0. The highest BCUT2D eigenvalue weighted by atomic mass is 16.7. The number of hydrogen-bond acceptors (Lipinski definition) is 3. The van der Waals surface area contributed by atoms with Gasteiger partial charge in [0.15, 0.2) is 0 Å². The minimum Gasteiger partial charge on any atom is -0.337 e. The maximum atomic E-state index is 5.75. The van der Waals surface area contributed by atoms with Crippen LogP contribution in [0.4, 0.5) is 0 Å². The summed E-state index contributed by atoms with van der Waals surface area (Å²) in [5, 5.41) is 0. The summed E-state index contributed by atoms with van der Waals surface area (Å²) in [6.45, 7) is 5.11. The molecule has 0 aliphatic carbocycles. The Morgan fingerprint density at radius 2 is 2.40 bits per heavy atom. The van der Waals surface area contributed by atoms with Gasteiger partial charge in [-0.2, -0.15) is 0 Å². The number of rotatable bonds is 0. The van der Waals surface area contributed by atoms with Crippen LogP contribution in [0.2, 0.25) is 0 Å². The maximum absolute atomic E-state index is 5.75. The van der Waals surface area contributed by atoms with Crippen LogP contribution in [0.3, 0.4) is 0 Å². The average molecular weight is 141 g/mol. The molecule has 2 atom stereocenters. The van der Waals surface area contributed by atoms with Gasteiger partial charge < -0.3 is 9.47 Å². The minimum atomic E-state index is -0.822. The first kappa shape index (κ1) is 6.34. The van der Waals surface area contributed by atoms with E-state index >= 15 is 0 Å². The van der Waals surface area contributed by atoms with Crippen molar-refractivity contribution in [2.45, 2.75) is 12.3 Å². The van der Waals surface area contributed by atoms with Crippen molar-refractivity contribution in [1.82, 2.24) is 0 Å². The molecule has 0 aromatic heterocycles. The molecule has 3 nitrogen and oxygen atoms in total. The SMILES string of the molecule is C=C1COC2(N)OCCC12. The van der Waals surface area contributed by atoms with E-state index in [-0.39, 0.29) is 5.92 Å². The molecule has 2 N–H and O–H groups in total. The van der Waals surface area contributed by atoms with Crippen LogP contribution in [0.5, 0.6) is 0 Å². The largest absolute Gasteiger partial charge is 0.337 e. The van der Waals surface area contributed by atoms with E-state index in [1.807, 2.05) is 0 Å². The van der Waals surface area contributed by atoms with Gasteiger partial charge in [0.2, 0.25) is 5.91 Å². The average Bonchev–Trinajstić information content (AvgIpc) is 2.35. The highest BCUT2D eigenvalue weighted by molar-refractivity contribution is 5.12. The summed E-state index contributed by atoms with van der Waals surface area (Å²) in [5.41, 5.74) is 6.82. The highest BCUT2D eigenvalue weighted by Gasteiger charge is 2.48. The Morgan fingerprint density at radius 3 is 3.10 bits per heavy atom. The Kier molecular flexibility index (Phi) is 1.15. The standard InChI is InChI=1S/C7H11NO2/c1-5-4-10-7(8)6(5)2-3-9-7/h6H,1-4,8H2. The van der Waals surface area contributed by atoms with Crippen LogP contribution in [0, 0.1) is 5.92 Å². The van der Waals surface area contributed by atoms with Gasteiger partial charge in [-0.25, -0.2) is 0 Å². The molecule has 2 unspecified atom stereocenters. The van der Waals surface area contributed by atoms with Gasteiger partial charge in [-0.1, -0.05) is 6.58 Å². The van der Waals surface area contributed by atoms with E-state index in [0.717, 1.165) is 12.0 Å². The maximum Gasteiger partial charge on any atom is 0.232 e. The zero-order chi connectivity index (χ0) is 7.19. The van der Waals surface area contributed by atoms with Crippen LogP contribution in [0.25, 0.3) is 0 Å². The van der Waals surface area contributed by atoms with Crippen molar-refractivity contribution in [3.05, 3.63) is 12.2 Å². The first-order valence-electron chi connectivity index (χ1n) is 3.47. The lowest BCUT2D eigenvalue weighted by Crippen LogP contribution is -2.43. The molecule has 0 bridgehead atoms. The van der Waals surface area contributed by atoms with Crippen LogP contribution in [0.15, 0.2) is 12.2 Å². The van der Waals surface area contributed by atoms with Crippen LogP contribution in [0.1, 0.15) is 6.42 Å². The van der Waals surface area contributed by atoms with Gasteiger partial charge >= 0.3 is 0 Å². The second-order valence-corrected chi connectivity index (χ2v) is 2.86. The molecule has 2 saturated heterocycles. The topological polar surface area (TPSA) is 44.5 Å². The van der Waals surface area contributed by atoms with E-state index in [0.29, 0.717) is 13.2 Å². The summed E-state index contributed by atoms with van der Waals surface area (Å²) in [6.07, 6.45) is 0.954. The van der Waals surface area contributed by atoms with Gasteiger partial charge in [-0.05, 0) is 12.0 Å². The van der Waals surface area contributed by atoms with E-state index in [2.05, 4.69) is 6.58 Å². The fraction of sp³-hybridized carbons (Fsp3) is 0.714. The quantitative estimate of drug-likeness (QED) is 0.491. The first-order valence-corrected chi connectivity index (χ1v) is 3.47. The summed E-state index contributed by atoms with van der Waals surface area (Å²) in [4.78, 5) is 0. The molecule has 0 aromatic carbocycles. The molecule has 2 rings (SSSR count). The Morgan fingerprint density at radius 1 is 1.60 bits per heavy atom. The molecule has 0 radical (unpaired) electrons. The van der Waals surface area contributed by atoms with Crippen LogP contribution >= 0.6 is 0 Å². The van der Waals surface area contributed by atoms with Gasteiger partial charge in [0.25, 0.3) is 0 Å². The molecule has 3 heteroatoms. The molecular weight excluding hydrogens is 130 g/mol. The summed E-state index contributed by atoms with van der Waals surface area (Å²) < 4.78 is 10.5. The van der Waals surface area contributed by atoms with Gasteiger partial charge in [0.1, 0.15) is 0 Å². The third kappa shape index (κ3) is 0.653. The molecule has 0 spiro atoms. The summed E-state index contributed by atoms with van der Waals surface area (Å²) in [5.74, 6) is -0.593. The Bertz CT molecular complexity index is 180. The van der Waals surface area contributed by atoms with E-state index in [1.54, 1.807) is 0 Å². The molecular formula is C7H11NO2. The van der Waals surface area contributed by atoms with Crippen LogP contribution < -0.4 is 5.73 Å². The second kappa shape index (κ2) is 1.81. The zero-order valence-corrected chi connectivity index (χ0v) is 5.80. The van der Waals surface area contributed by atoms with Gasteiger partial charge in [0, 0.05) is 0 Å². The van der Waals surface area contributed by atoms with Crippen molar-refractivity contribution < 1.29 is 9.47 Å². The zero-order valence-electron chi connectivity index (χ0n) is 5.80. The van der Waals surface area contributed by atoms with Gasteiger partial charge in [-0.3, -0.25) is 5.73 Å². The number of ether oxygens (including phenoxy) is 2. The van der Waals surface area contributed by atoms with E-state index in [9.17, 15) is 0 Å². The normalized spacial score (nSPS) is 46.1. The molecule has 0 saturated carbocycles. The first-order chi connectivity index (χ1) is 4.72. The molecule has 10 heavy (non-hydrogen) atoms. The highest BCUT2D eigenvalue weighted by Crippen LogP contribution is 2.39. The smallest absolute Gasteiger partial charge is 0.232 e. The van der Waals surface area contributed by atoms with Crippen molar-refractivity contribution in [1.29, 1.82) is 0 Å². The minimum absolute atomic E-state index is 0.229. The monoisotopic (exact) mass is 141 g/mol. The predicted molar refractivity (Wildman–Crippen MR) is 36.1 cm³/mol. The Hall–Kier alpha value is -0.380. The van der Waals surface area contributed by atoms with E-state index < -0.39 is 5.91 Å². The summed E-state index contributed by atoms with van der Waals surface area (Å²) >= 11 is 0. The molecule has 2 aliphatic heterocycles. The van der Waals surface area contributed by atoms with Crippen molar-refractivity contribution >= 4 is 0 Å². The number of hydrogen-bond donors (Lipinski definition) is 1. The molecule has 56 valence electrons. The number of fused-ring (bicyclic) bond motifs is 1. The third-order valence-electron chi connectivity index (χ3n) is 2.20. The third-order valence-corrected chi connectivity index (χ3v) is 2.20. The molecule has 2 fully saturated rings. The number of nitrogens with two attached hydrogens (primary N) is 1. The fourth-order valence-electron chi connectivity index (χ4n) is 1.58. The molecule has 0 aromatic rings. The molecule has 2 heterocycles. The van der Waals surface area contributed by atoms with E-state index in [4.69, 9.17) is 15.2 Å². The Balaban J connectivity index is 2.27. The molecule has 0 amide bonds. The van der Waals surface area contributed by atoms with Gasteiger partial charge in [0.05, 0.1) is 19.1 Å². The van der Waals surface area contributed by atoms with Crippen molar-refractivity contribution in [2.75, 3.05) is 13.2 Å². The van der Waals surface area contributed by atoms with Crippen molar-refractivity contribution in [2.24, 2.45) is 11.7 Å². The van der Waals surface area contributed by atoms with Crippen LogP contribution in [-0.4, -0.2) is 19.1 Å². The second-order valence-electron chi connectivity index (χ2n) is 2.86. The predicted octanol–water partition coefficient (Wildman–Crippen LogP) is 0.222. The van der Waals surface area contributed by atoms with Crippen LogP contribution in [-0.2, 0) is 9.47 Å². The lowest BCUT2D eigenvalue weighted by atomic mass is 9.99. The van der Waals surface area contributed by atoms with E-state index in [1.165, 1.54) is 0 Å². The fourth-order valence-corrected chi connectivity index (χ4v) is 1.58. The van der Waals surface area contributed by atoms with Crippen molar-refractivity contribution in [3.8, 4) is 0 Å². The summed E-state index contributed by atoms with van der Waals surface area (Å²) in [6, 6.07) is 0.